The van der Waals surface area contributed by atoms with Crippen LogP contribution in [-0.4, -0.2) is 53.7 Å². The lowest BCUT2D eigenvalue weighted by molar-refractivity contribution is -0.139. The fraction of sp³-hybridized carbons (Fsp3) is 0.435. The Morgan fingerprint density at radius 2 is 1.63 bits per heavy atom. The maximum Gasteiger partial charge on any atom is 0.263 e. The molecule has 3 heterocycles. The third-order valence-electron chi connectivity index (χ3n) is 6.01. The van der Waals surface area contributed by atoms with Crippen molar-refractivity contribution in [3.05, 3.63) is 52.7 Å². The van der Waals surface area contributed by atoms with Crippen LogP contribution in [0.4, 0.5) is 5.69 Å². The van der Waals surface area contributed by atoms with E-state index in [0.29, 0.717) is 39.0 Å². The van der Waals surface area contributed by atoms with Crippen molar-refractivity contribution in [3.8, 4) is 0 Å². The molecule has 0 radical (unpaired) electrons. The van der Waals surface area contributed by atoms with Gasteiger partial charge < -0.3 is 15.1 Å². The smallest absolute Gasteiger partial charge is 0.263 e. The van der Waals surface area contributed by atoms with Crippen LogP contribution in [0.15, 0.2) is 47.8 Å². The molecule has 2 aliphatic heterocycles. The summed E-state index contributed by atoms with van der Waals surface area (Å²) in [7, 11) is 0. The van der Waals surface area contributed by atoms with Crippen LogP contribution >= 0.6 is 11.3 Å². The van der Waals surface area contributed by atoms with Gasteiger partial charge in [-0.15, -0.1) is 11.3 Å². The summed E-state index contributed by atoms with van der Waals surface area (Å²) < 4.78 is 0. The molecule has 1 aromatic carbocycles. The Bertz CT molecular complexity index is 876. The monoisotopic (exact) mass is 425 g/mol. The standard InChI is InChI=1S/C23H27N3O3S/c27-21(24-19-7-2-1-3-8-19)18-6-4-12-26(16-18)22(28)17-10-13-25(14-11-17)23(29)20-9-5-15-30-20/h1-3,5,7-9,15,17-18H,4,6,10-14,16H2,(H,24,27). The van der Waals surface area contributed by atoms with Gasteiger partial charge in [0.15, 0.2) is 0 Å². The number of likely N-dealkylation sites (tertiary alicyclic amines) is 2. The van der Waals surface area contributed by atoms with Crippen molar-refractivity contribution < 1.29 is 14.4 Å². The predicted molar refractivity (Wildman–Crippen MR) is 117 cm³/mol. The molecule has 0 aliphatic carbocycles. The molecule has 2 fully saturated rings. The quantitative estimate of drug-likeness (QED) is 0.815. The molecule has 0 spiro atoms. The molecule has 1 unspecified atom stereocenters. The zero-order chi connectivity index (χ0) is 20.9. The highest BCUT2D eigenvalue weighted by Gasteiger charge is 2.34. The summed E-state index contributed by atoms with van der Waals surface area (Å²) in [5.74, 6) is -0.0614. The minimum Gasteiger partial charge on any atom is -0.342 e. The average molecular weight is 426 g/mol. The molecule has 2 aromatic rings. The molecule has 0 bridgehead atoms. The number of hydrogen-bond acceptors (Lipinski definition) is 4. The number of anilines is 1. The highest BCUT2D eigenvalue weighted by molar-refractivity contribution is 7.12. The number of para-hydroxylation sites is 1. The fourth-order valence-electron chi connectivity index (χ4n) is 4.30. The summed E-state index contributed by atoms with van der Waals surface area (Å²) in [6.07, 6.45) is 3.02. The number of thiophene rings is 1. The number of nitrogens with zero attached hydrogens (tertiary/aromatic N) is 2. The Kier molecular flexibility index (Phi) is 6.47. The van der Waals surface area contributed by atoms with Crippen molar-refractivity contribution >= 4 is 34.7 Å². The summed E-state index contributed by atoms with van der Waals surface area (Å²) in [6, 6.07) is 13.2. The van der Waals surface area contributed by atoms with E-state index in [0.717, 1.165) is 23.4 Å². The van der Waals surface area contributed by atoms with E-state index in [1.165, 1.54) is 11.3 Å². The first-order valence-electron chi connectivity index (χ1n) is 10.6. The number of benzene rings is 1. The number of amides is 3. The molecule has 2 saturated heterocycles. The van der Waals surface area contributed by atoms with Gasteiger partial charge in [0.2, 0.25) is 11.8 Å². The molecule has 4 rings (SSSR count). The second kappa shape index (κ2) is 9.43. The number of piperidine rings is 2. The van der Waals surface area contributed by atoms with Gasteiger partial charge in [0.25, 0.3) is 5.91 Å². The second-order valence-corrected chi connectivity index (χ2v) is 8.97. The maximum absolute atomic E-state index is 13.1. The van der Waals surface area contributed by atoms with Crippen LogP contribution in [0, 0.1) is 11.8 Å². The Labute approximate surface area is 180 Å². The van der Waals surface area contributed by atoms with E-state index < -0.39 is 0 Å². The zero-order valence-corrected chi connectivity index (χ0v) is 17.8. The minimum absolute atomic E-state index is 0.0185. The third-order valence-corrected chi connectivity index (χ3v) is 6.87. The van der Waals surface area contributed by atoms with Crippen LogP contribution in [0.5, 0.6) is 0 Å². The van der Waals surface area contributed by atoms with Gasteiger partial charge in [-0.2, -0.15) is 0 Å². The van der Waals surface area contributed by atoms with Gasteiger partial charge in [-0.25, -0.2) is 0 Å². The first-order valence-corrected chi connectivity index (χ1v) is 11.5. The van der Waals surface area contributed by atoms with E-state index in [1.54, 1.807) is 0 Å². The van der Waals surface area contributed by atoms with Crippen LogP contribution < -0.4 is 5.32 Å². The van der Waals surface area contributed by atoms with Gasteiger partial charge in [-0.1, -0.05) is 24.3 Å². The molecule has 30 heavy (non-hydrogen) atoms. The number of nitrogens with one attached hydrogen (secondary N) is 1. The first-order chi connectivity index (χ1) is 14.6. The van der Waals surface area contributed by atoms with Crippen molar-refractivity contribution in [1.29, 1.82) is 0 Å². The van der Waals surface area contributed by atoms with Gasteiger partial charge in [0.1, 0.15) is 0 Å². The summed E-state index contributed by atoms with van der Waals surface area (Å²) in [6.45, 7) is 2.41. The topological polar surface area (TPSA) is 69.7 Å². The summed E-state index contributed by atoms with van der Waals surface area (Å²) in [5.41, 5.74) is 0.786. The predicted octanol–water partition coefficient (Wildman–Crippen LogP) is 3.48. The van der Waals surface area contributed by atoms with Crippen molar-refractivity contribution in [3.63, 3.8) is 0 Å². The van der Waals surface area contributed by atoms with E-state index in [4.69, 9.17) is 0 Å². The lowest BCUT2D eigenvalue weighted by atomic mass is 9.91. The van der Waals surface area contributed by atoms with Crippen molar-refractivity contribution in [2.45, 2.75) is 25.7 Å². The normalized spacial score (nSPS) is 20.1. The largest absolute Gasteiger partial charge is 0.342 e. The van der Waals surface area contributed by atoms with Crippen LogP contribution in [0.25, 0.3) is 0 Å². The summed E-state index contributed by atoms with van der Waals surface area (Å²) >= 11 is 1.45. The molecule has 6 nitrogen and oxygen atoms in total. The molecule has 158 valence electrons. The van der Waals surface area contributed by atoms with Crippen LogP contribution in [0.3, 0.4) is 0 Å². The number of carbonyl (C=O) groups is 3. The molecular weight excluding hydrogens is 398 g/mol. The van der Waals surface area contributed by atoms with Gasteiger partial charge in [-0.05, 0) is 49.3 Å². The summed E-state index contributed by atoms with van der Waals surface area (Å²) in [5, 5.41) is 4.87. The highest BCUT2D eigenvalue weighted by Crippen LogP contribution is 2.26. The molecule has 1 aromatic heterocycles. The molecule has 0 saturated carbocycles. The van der Waals surface area contributed by atoms with Gasteiger partial charge in [0.05, 0.1) is 10.8 Å². The number of hydrogen-bond donors (Lipinski definition) is 1. The fourth-order valence-corrected chi connectivity index (χ4v) is 4.99. The lowest BCUT2D eigenvalue weighted by Gasteiger charge is -2.37. The zero-order valence-electron chi connectivity index (χ0n) is 17.0. The van der Waals surface area contributed by atoms with Crippen molar-refractivity contribution in [2.24, 2.45) is 11.8 Å². The van der Waals surface area contributed by atoms with Crippen LogP contribution in [0.2, 0.25) is 0 Å². The van der Waals surface area contributed by atoms with Crippen molar-refractivity contribution in [1.82, 2.24) is 9.80 Å². The third kappa shape index (κ3) is 4.73. The Morgan fingerprint density at radius 3 is 2.33 bits per heavy atom. The molecule has 1 atom stereocenters. The molecular formula is C23H27N3O3S. The molecule has 1 N–H and O–H groups in total. The SMILES string of the molecule is O=C(Nc1ccccc1)C1CCCN(C(=O)C2CCN(C(=O)c3cccs3)CC2)C1. The average Bonchev–Trinajstić information content (AvgIpc) is 3.34. The van der Waals surface area contributed by atoms with Gasteiger partial charge in [0, 0.05) is 37.8 Å². The highest BCUT2D eigenvalue weighted by atomic mass is 32.1. The van der Waals surface area contributed by atoms with Crippen LogP contribution in [-0.2, 0) is 9.59 Å². The number of rotatable bonds is 4. The van der Waals surface area contributed by atoms with E-state index >= 15 is 0 Å². The van der Waals surface area contributed by atoms with E-state index in [1.807, 2.05) is 57.6 Å². The van der Waals surface area contributed by atoms with Crippen molar-refractivity contribution in [2.75, 3.05) is 31.5 Å². The number of carbonyl (C=O) groups excluding carboxylic acids is 3. The maximum atomic E-state index is 13.1. The van der Waals surface area contributed by atoms with E-state index in [-0.39, 0.29) is 29.6 Å². The van der Waals surface area contributed by atoms with Gasteiger partial charge in [-0.3, -0.25) is 14.4 Å². The minimum atomic E-state index is -0.177. The Hall–Kier alpha value is -2.67. The van der Waals surface area contributed by atoms with E-state index in [9.17, 15) is 14.4 Å². The van der Waals surface area contributed by atoms with E-state index in [2.05, 4.69) is 5.32 Å². The second-order valence-electron chi connectivity index (χ2n) is 8.02. The summed E-state index contributed by atoms with van der Waals surface area (Å²) in [4.78, 5) is 42.7. The molecule has 7 heteroatoms. The lowest BCUT2D eigenvalue weighted by Crippen LogP contribution is -2.48. The van der Waals surface area contributed by atoms with Gasteiger partial charge >= 0.3 is 0 Å². The molecule has 2 aliphatic rings. The Balaban J connectivity index is 1.29. The van der Waals surface area contributed by atoms with Crippen LogP contribution in [0.1, 0.15) is 35.4 Å². The molecule has 3 amide bonds. The first kappa shape index (κ1) is 20.6. The Morgan fingerprint density at radius 1 is 0.867 bits per heavy atom.